The van der Waals surface area contributed by atoms with E-state index in [2.05, 4.69) is 0 Å². The largest absolute Gasteiger partial charge is 0.467 e. The van der Waals surface area contributed by atoms with Crippen LogP contribution in [0, 0.1) is 0 Å². The maximum atomic E-state index is 5.68. The minimum atomic E-state index is -0.149. The molecule has 2 heterocycles. The van der Waals surface area contributed by atoms with E-state index in [9.17, 15) is 0 Å². The Morgan fingerprint density at radius 3 is 3.13 bits per heavy atom. The summed E-state index contributed by atoms with van der Waals surface area (Å²) in [6, 6.07) is 3.72. The molecule has 0 amide bonds. The average Bonchev–Trinajstić information content (AvgIpc) is 2.90. The highest BCUT2D eigenvalue weighted by atomic mass is 16.5. The van der Waals surface area contributed by atoms with E-state index >= 15 is 0 Å². The third kappa shape index (κ3) is 2.81. The molecule has 2 N–H and O–H groups in total. The maximum absolute atomic E-state index is 5.68. The second-order valence-electron chi connectivity index (χ2n) is 3.71. The van der Waals surface area contributed by atoms with Gasteiger partial charge in [0, 0.05) is 13.2 Å². The molecule has 1 aliphatic heterocycles. The lowest BCUT2D eigenvalue weighted by Crippen LogP contribution is -2.21. The molecular formula is C11H17NO3. The molecule has 0 aromatic carbocycles. The molecule has 2 rings (SSSR count). The monoisotopic (exact) mass is 211 g/mol. The predicted octanol–water partition coefficient (Wildman–Crippen LogP) is 1.47. The van der Waals surface area contributed by atoms with Gasteiger partial charge in [-0.3, -0.25) is 0 Å². The van der Waals surface area contributed by atoms with Crippen LogP contribution in [-0.4, -0.2) is 25.9 Å². The van der Waals surface area contributed by atoms with Crippen LogP contribution in [-0.2, 0) is 9.47 Å². The third-order valence-electron chi connectivity index (χ3n) is 2.58. The normalized spacial score (nSPS) is 23.1. The van der Waals surface area contributed by atoms with Crippen molar-refractivity contribution in [3.63, 3.8) is 0 Å². The van der Waals surface area contributed by atoms with Crippen LogP contribution in [0.5, 0.6) is 0 Å². The zero-order valence-electron chi connectivity index (χ0n) is 8.72. The molecule has 84 valence electrons. The highest BCUT2D eigenvalue weighted by Gasteiger charge is 2.19. The summed E-state index contributed by atoms with van der Waals surface area (Å²) in [7, 11) is 0. The highest BCUT2D eigenvalue weighted by Crippen LogP contribution is 2.19. The molecule has 4 nitrogen and oxygen atoms in total. The van der Waals surface area contributed by atoms with E-state index in [-0.39, 0.29) is 12.2 Å². The van der Waals surface area contributed by atoms with E-state index in [4.69, 9.17) is 19.6 Å². The molecule has 0 aliphatic carbocycles. The smallest absolute Gasteiger partial charge is 0.133 e. The minimum Gasteiger partial charge on any atom is -0.467 e. The Labute approximate surface area is 89.3 Å². The number of furan rings is 1. The molecule has 1 aromatic heterocycles. The van der Waals surface area contributed by atoms with E-state index in [1.807, 2.05) is 12.1 Å². The van der Waals surface area contributed by atoms with Gasteiger partial charge in [-0.15, -0.1) is 0 Å². The first-order chi connectivity index (χ1) is 7.40. The highest BCUT2D eigenvalue weighted by molar-refractivity contribution is 5.02. The molecular weight excluding hydrogens is 194 g/mol. The van der Waals surface area contributed by atoms with Gasteiger partial charge in [0.05, 0.1) is 19.0 Å². The van der Waals surface area contributed by atoms with Gasteiger partial charge in [-0.05, 0) is 25.0 Å². The Balaban J connectivity index is 1.80. The van der Waals surface area contributed by atoms with Crippen LogP contribution in [0.15, 0.2) is 22.8 Å². The number of hydrogen-bond donors (Lipinski definition) is 1. The summed E-state index contributed by atoms with van der Waals surface area (Å²) in [5.74, 6) is 0.787. The molecule has 0 spiro atoms. The van der Waals surface area contributed by atoms with Crippen molar-refractivity contribution in [2.24, 2.45) is 5.73 Å². The average molecular weight is 211 g/mol. The third-order valence-corrected chi connectivity index (χ3v) is 2.58. The van der Waals surface area contributed by atoms with Crippen LogP contribution >= 0.6 is 0 Å². The van der Waals surface area contributed by atoms with Crippen molar-refractivity contribution in [2.45, 2.75) is 25.0 Å². The van der Waals surface area contributed by atoms with E-state index in [1.54, 1.807) is 6.26 Å². The first-order valence-electron chi connectivity index (χ1n) is 5.37. The van der Waals surface area contributed by atoms with Crippen LogP contribution in [0.4, 0.5) is 0 Å². The predicted molar refractivity (Wildman–Crippen MR) is 55.4 cm³/mol. The molecule has 1 aromatic rings. The fourth-order valence-electron chi connectivity index (χ4n) is 1.74. The second-order valence-corrected chi connectivity index (χ2v) is 3.71. The van der Waals surface area contributed by atoms with Gasteiger partial charge >= 0.3 is 0 Å². The zero-order valence-corrected chi connectivity index (χ0v) is 8.72. The topological polar surface area (TPSA) is 57.6 Å². The lowest BCUT2D eigenvalue weighted by molar-refractivity contribution is -0.0251. The summed E-state index contributed by atoms with van der Waals surface area (Å²) in [6.07, 6.45) is 3.92. The van der Waals surface area contributed by atoms with Gasteiger partial charge < -0.3 is 19.6 Å². The van der Waals surface area contributed by atoms with Crippen LogP contribution in [0.25, 0.3) is 0 Å². The number of hydrogen-bond acceptors (Lipinski definition) is 4. The van der Waals surface area contributed by atoms with Gasteiger partial charge in [-0.25, -0.2) is 0 Å². The van der Waals surface area contributed by atoms with Crippen molar-refractivity contribution in [1.29, 1.82) is 0 Å². The van der Waals surface area contributed by atoms with E-state index in [0.29, 0.717) is 13.2 Å². The van der Waals surface area contributed by atoms with Crippen LogP contribution < -0.4 is 5.73 Å². The lowest BCUT2D eigenvalue weighted by atomic mass is 10.2. The van der Waals surface area contributed by atoms with E-state index < -0.39 is 0 Å². The molecule has 1 fully saturated rings. The number of rotatable bonds is 5. The van der Waals surface area contributed by atoms with Crippen molar-refractivity contribution in [1.82, 2.24) is 0 Å². The second kappa shape index (κ2) is 5.30. The standard InChI is InChI=1S/C11H17NO3/c12-7-11(10-4-2-6-14-10)15-8-9-3-1-5-13-9/h2,4,6,9,11H,1,3,5,7-8,12H2. The fourth-order valence-corrected chi connectivity index (χ4v) is 1.74. The summed E-state index contributed by atoms with van der Waals surface area (Å²) in [5.41, 5.74) is 5.62. The van der Waals surface area contributed by atoms with Crippen molar-refractivity contribution in [2.75, 3.05) is 19.8 Å². The van der Waals surface area contributed by atoms with Crippen LogP contribution in [0.1, 0.15) is 24.7 Å². The molecule has 15 heavy (non-hydrogen) atoms. The van der Waals surface area contributed by atoms with Gasteiger partial charge in [0.1, 0.15) is 11.9 Å². The van der Waals surface area contributed by atoms with Crippen LogP contribution in [0.3, 0.4) is 0 Å². The summed E-state index contributed by atoms with van der Waals surface area (Å²) in [4.78, 5) is 0. The Morgan fingerprint density at radius 1 is 1.60 bits per heavy atom. The van der Waals surface area contributed by atoms with E-state index in [0.717, 1.165) is 25.2 Å². The quantitative estimate of drug-likeness (QED) is 0.801. The van der Waals surface area contributed by atoms with Crippen molar-refractivity contribution in [3.8, 4) is 0 Å². The van der Waals surface area contributed by atoms with E-state index in [1.165, 1.54) is 0 Å². The van der Waals surface area contributed by atoms with Gasteiger partial charge in [-0.2, -0.15) is 0 Å². The number of nitrogens with two attached hydrogens (primary N) is 1. The minimum absolute atomic E-state index is 0.149. The van der Waals surface area contributed by atoms with Gasteiger partial charge in [0.15, 0.2) is 0 Å². The van der Waals surface area contributed by atoms with Crippen LogP contribution in [0.2, 0.25) is 0 Å². The lowest BCUT2D eigenvalue weighted by Gasteiger charge is -2.16. The molecule has 1 saturated heterocycles. The Bertz CT molecular complexity index is 267. The first-order valence-corrected chi connectivity index (χ1v) is 5.37. The fraction of sp³-hybridized carbons (Fsp3) is 0.636. The maximum Gasteiger partial charge on any atom is 0.133 e. The molecule has 2 unspecified atom stereocenters. The summed E-state index contributed by atoms with van der Waals surface area (Å²) >= 11 is 0. The Hall–Kier alpha value is -0.840. The van der Waals surface area contributed by atoms with Gasteiger partial charge in [0.2, 0.25) is 0 Å². The summed E-state index contributed by atoms with van der Waals surface area (Å²) in [6.45, 7) is 1.88. The SMILES string of the molecule is NCC(OCC1CCCO1)c1ccco1. The Kier molecular flexibility index (Phi) is 3.77. The Morgan fingerprint density at radius 2 is 2.53 bits per heavy atom. The molecule has 1 aliphatic rings. The zero-order chi connectivity index (χ0) is 10.5. The molecule has 2 atom stereocenters. The summed E-state index contributed by atoms with van der Waals surface area (Å²) in [5, 5.41) is 0. The van der Waals surface area contributed by atoms with Gasteiger partial charge in [-0.1, -0.05) is 0 Å². The molecule has 0 bridgehead atoms. The van der Waals surface area contributed by atoms with Crippen molar-refractivity contribution < 1.29 is 13.9 Å². The first kappa shape index (κ1) is 10.7. The molecule has 0 saturated carbocycles. The molecule has 0 radical (unpaired) electrons. The van der Waals surface area contributed by atoms with Crippen molar-refractivity contribution in [3.05, 3.63) is 24.2 Å². The van der Waals surface area contributed by atoms with Gasteiger partial charge in [0.25, 0.3) is 0 Å². The molecule has 4 heteroatoms. The summed E-state index contributed by atoms with van der Waals surface area (Å²) < 4.78 is 16.4. The van der Waals surface area contributed by atoms with Crippen molar-refractivity contribution >= 4 is 0 Å². The number of ether oxygens (including phenoxy) is 2.